The van der Waals surface area contributed by atoms with Crippen LogP contribution >= 0.6 is 0 Å². The molecule has 0 radical (unpaired) electrons. The first-order valence-corrected chi connectivity index (χ1v) is 6.44. The van der Waals surface area contributed by atoms with Crippen LogP contribution in [0.4, 0.5) is 5.69 Å². The van der Waals surface area contributed by atoms with Gasteiger partial charge in [-0.25, -0.2) is 0 Å². The van der Waals surface area contributed by atoms with Crippen LogP contribution in [0.25, 0.3) is 0 Å². The molecule has 1 amide bonds. The molecule has 1 aromatic heterocycles. The van der Waals surface area contributed by atoms with E-state index in [4.69, 9.17) is 10.5 Å². The van der Waals surface area contributed by atoms with Crippen LogP contribution in [0.3, 0.4) is 0 Å². The second-order valence-corrected chi connectivity index (χ2v) is 4.76. The molecule has 0 atom stereocenters. The zero-order valence-electron chi connectivity index (χ0n) is 11.2. The molecule has 0 saturated heterocycles. The van der Waals surface area contributed by atoms with Crippen LogP contribution in [0, 0.1) is 0 Å². The minimum Gasteiger partial charge on any atom is -0.491 e. The Hall–Kier alpha value is -2.50. The highest BCUT2D eigenvalue weighted by Crippen LogP contribution is 2.24. The fourth-order valence-corrected chi connectivity index (χ4v) is 2.37. The summed E-state index contributed by atoms with van der Waals surface area (Å²) in [7, 11) is 1.71. The fraction of sp³-hybridized carbons (Fsp3) is 0.286. The van der Waals surface area contributed by atoms with E-state index in [2.05, 4.69) is 5.10 Å². The molecule has 104 valence electrons. The fourth-order valence-electron chi connectivity index (χ4n) is 2.37. The lowest BCUT2D eigenvalue weighted by Crippen LogP contribution is -2.34. The van der Waals surface area contributed by atoms with Crippen LogP contribution in [-0.2, 0) is 13.6 Å². The Kier molecular flexibility index (Phi) is 3.06. The summed E-state index contributed by atoms with van der Waals surface area (Å²) in [6.07, 6.45) is 1.50. The number of ether oxygens (including phenoxy) is 1. The van der Waals surface area contributed by atoms with Gasteiger partial charge in [0.05, 0.1) is 18.4 Å². The SMILES string of the molecule is Cn1ncc(N)c1C(=O)N1CCOc2ccccc2C1. The molecule has 1 aromatic carbocycles. The molecule has 0 bridgehead atoms. The summed E-state index contributed by atoms with van der Waals surface area (Å²) in [5.41, 5.74) is 7.64. The average molecular weight is 272 g/mol. The molecule has 0 saturated carbocycles. The summed E-state index contributed by atoms with van der Waals surface area (Å²) >= 11 is 0. The lowest BCUT2D eigenvalue weighted by atomic mass is 10.2. The van der Waals surface area contributed by atoms with Crippen molar-refractivity contribution < 1.29 is 9.53 Å². The number of hydrogen-bond donors (Lipinski definition) is 1. The van der Waals surface area contributed by atoms with Gasteiger partial charge in [0.2, 0.25) is 0 Å². The van der Waals surface area contributed by atoms with Crippen LogP contribution in [0.1, 0.15) is 16.1 Å². The highest BCUT2D eigenvalue weighted by molar-refractivity contribution is 5.97. The van der Waals surface area contributed by atoms with Crippen LogP contribution in [0.5, 0.6) is 5.75 Å². The van der Waals surface area contributed by atoms with Crippen LogP contribution in [-0.4, -0.2) is 33.7 Å². The maximum atomic E-state index is 12.6. The number of nitrogens with zero attached hydrogens (tertiary/aromatic N) is 3. The summed E-state index contributed by atoms with van der Waals surface area (Å²) in [6.45, 7) is 1.51. The van der Waals surface area contributed by atoms with Gasteiger partial charge in [0.1, 0.15) is 18.1 Å². The number of para-hydroxylation sites is 1. The third kappa shape index (κ3) is 2.09. The van der Waals surface area contributed by atoms with Crippen molar-refractivity contribution >= 4 is 11.6 Å². The van der Waals surface area contributed by atoms with E-state index in [1.165, 1.54) is 10.9 Å². The number of benzene rings is 1. The maximum Gasteiger partial charge on any atom is 0.274 e. The van der Waals surface area contributed by atoms with E-state index in [-0.39, 0.29) is 5.91 Å². The third-order valence-electron chi connectivity index (χ3n) is 3.41. The number of aryl methyl sites for hydroxylation is 1. The molecule has 2 N–H and O–H groups in total. The summed E-state index contributed by atoms with van der Waals surface area (Å²) < 4.78 is 7.17. The number of aromatic nitrogens is 2. The van der Waals surface area contributed by atoms with Crippen LogP contribution < -0.4 is 10.5 Å². The largest absolute Gasteiger partial charge is 0.491 e. The molecule has 6 nitrogen and oxygen atoms in total. The Bertz CT molecular complexity index is 631. The van der Waals surface area contributed by atoms with Gasteiger partial charge in [-0.05, 0) is 6.07 Å². The Morgan fingerprint density at radius 2 is 2.20 bits per heavy atom. The molecule has 3 rings (SSSR count). The predicted octanol–water partition coefficient (Wildman–Crippen LogP) is 1.04. The Balaban J connectivity index is 1.90. The van der Waals surface area contributed by atoms with Crippen molar-refractivity contribution in [3.05, 3.63) is 41.7 Å². The van der Waals surface area contributed by atoms with Gasteiger partial charge in [0.25, 0.3) is 5.91 Å². The number of nitrogens with two attached hydrogens (primary N) is 1. The monoisotopic (exact) mass is 272 g/mol. The number of rotatable bonds is 1. The van der Waals surface area contributed by atoms with Crippen LogP contribution in [0.15, 0.2) is 30.5 Å². The van der Waals surface area contributed by atoms with Crippen molar-refractivity contribution in [1.29, 1.82) is 0 Å². The zero-order chi connectivity index (χ0) is 14.1. The topological polar surface area (TPSA) is 73.4 Å². The smallest absolute Gasteiger partial charge is 0.274 e. The average Bonchev–Trinajstić information content (AvgIpc) is 2.66. The first-order chi connectivity index (χ1) is 9.66. The van der Waals surface area contributed by atoms with E-state index in [1.54, 1.807) is 11.9 Å². The number of amides is 1. The Labute approximate surface area is 116 Å². The van der Waals surface area contributed by atoms with E-state index in [1.807, 2.05) is 24.3 Å². The zero-order valence-corrected chi connectivity index (χ0v) is 11.2. The molecule has 0 spiro atoms. The van der Waals surface area contributed by atoms with Gasteiger partial charge >= 0.3 is 0 Å². The normalized spacial score (nSPS) is 14.3. The molecule has 0 aliphatic carbocycles. The van der Waals surface area contributed by atoms with Crippen molar-refractivity contribution in [2.45, 2.75) is 6.54 Å². The molecular formula is C14H16N4O2. The van der Waals surface area contributed by atoms with Crippen molar-refractivity contribution in [2.24, 2.45) is 7.05 Å². The number of anilines is 1. The van der Waals surface area contributed by atoms with Crippen molar-refractivity contribution in [3.8, 4) is 5.75 Å². The molecule has 2 aromatic rings. The maximum absolute atomic E-state index is 12.6. The molecular weight excluding hydrogens is 256 g/mol. The van der Waals surface area contributed by atoms with E-state index in [0.717, 1.165) is 11.3 Å². The number of carbonyl (C=O) groups is 1. The van der Waals surface area contributed by atoms with Gasteiger partial charge in [-0.3, -0.25) is 9.48 Å². The molecule has 20 heavy (non-hydrogen) atoms. The standard InChI is InChI=1S/C14H16N4O2/c1-17-13(11(15)8-16-17)14(19)18-6-7-20-12-5-3-2-4-10(12)9-18/h2-5,8H,6-7,9,15H2,1H3. The van der Waals surface area contributed by atoms with Gasteiger partial charge in [0.15, 0.2) is 0 Å². The number of hydrogen-bond acceptors (Lipinski definition) is 4. The highest BCUT2D eigenvalue weighted by Gasteiger charge is 2.24. The van der Waals surface area contributed by atoms with Crippen LogP contribution in [0.2, 0.25) is 0 Å². The molecule has 1 aliphatic heterocycles. The molecule has 0 unspecified atom stereocenters. The Morgan fingerprint density at radius 3 is 2.95 bits per heavy atom. The van der Waals surface area contributed by atoms with Crippen molar-refractivity contribution in [3.63, 3.8) is 0 Å². The molecule has 2 heterocycles. The highest BCUT2D eigenvalue weighted by atomic mass is 16.5. The third-order valence-corrected chi connectivity index (χ3v) is 3.41. The van der Waals surface area contributed by atoms with E-state index < -0.39 is 0 Å². The van der Waals surface area contributed by atoms with E-state index in [9.17, 15) is 4.79 Å². The van der Waals surface area contributed by atoms with E-state index >= 15 is 0 Å². The van der Waals surface area contributed by atoms with E-state index in [0.29, 0.717) is 31.1 Å². The number of nitrogen functional groups attached to an aromatic ring is 1. The van der Waals surface area contributed by atoms with Gasteiger partial charge in [-0.1, -0.05) is 18.2 Å². The van der Waals surface area contributed by atoms with Crippen molar-refractivity contribution in [1.82, 2.24) is 14.7 Å². The second-order valence-electron chi connectivity index (χ2n) is 4.76. The molecule has 6 heteroatoms. The minimum absolute atomic E-state index is 0.122. The van der Waals surface area contributed by atoms with Gasteiger partial charge < -0.3 is 15.4 Å². The summed E-state index contributed by atoms with van der Waals surface area (Å²) in [5.74, 6) is 0.712. The quantitative estimate of drug-likeness (QED) is 0.841. The van der Waals surface area contributed by atoms with Gasteiger partial charge in [0, 0.05) is 19.2 Å². The van der Waals surface area contributed by atoms with Gasteiger partial charge in [-0.2, -0.15) is 5.10 Å². The lowest BCUT2D eigenvalue weighted by Gasteiger charge is -2.20. The van der Waals surface area contributed by atoms with Gasteiger partial charge in [-0.15, -0.1) is 0 Å². The summed E-state index contributed by atoms with van der Waals surface area (Å²) in [6, 6.07) is 7.75. The second kappa shape index (κ2) is 4.88. The first kappa shape index (κ1) is 12.5. The minimum atomic E-state index is -0.122. The molecule has 1 aliphatic rings. The predicted molar refractivity (Wildman–Crippen MR) is 74.3 cm³/mol. The lowest BCUT2D eigenvalue weighted by molar-refractivity contribution is 0.0723. The number of fused-ring (bicyclic) bond motifs is 1. The van der Waals surface area contributed by atoms with Crippen molar-refractivity contribution in [2.75, 3.05) is 18.9 Å². The number of carbonyl (C=O) groups excluding carboxylic acids is 1. The summed E-state index contributed by atoms with van der Waals surface area (Å²) in [4.78, 5) is 14.3. The first-order valence-electron chi connectivity index (χ1n) is 6.44. The Morgan fingerprint density at radius 1 is 1.40 bits per heavy atom. The summed E-state index contributed by atoms with van der Waals surface area (Å²) in [5, 5.41) is 4.01. The molecule has 0 fully saturated rings.